The smallest absolute Gasteiger partial charge is 0.359 e. The minimum atomic E-state index is -0.672. The van der Waals surface area contributed by atoms with Gasteiger partial charge in [-0.3, -0.25) is 4.79 Å². The van der Waals surface area contributed by atoms with E-state index in [1.54, 1.807) is 55.6 Å². The maximum absolute atomic E-state index is 12.8. The number of aromatic nitrogens is 4. The molecule has 2 aromatic carbocycles. The lowest BCUT2D eigenvalue weighted by Gasteiger charge is -2.11. The zero-order chi connectivity index (χ0) is 22.7. The normalized spacial score (nSPS) is 11.1. The van der Waals surface area contributed by atoms with E-state index in [0.717, 1.165) is 0 Å². The van der Waals surface area contributed by atoms with Gasteiger partial charge < -0.3 is 14.0 Å². The Labute approximate surface area is 183 Å². The molecule has 0 amide bonds. The molecule has 0 saturated heterocycles. The van der Waals surface area contributed by atoms with E-state index >= 15 is 0 Å². The van der Waals surface area contributed by atoms with Gasteiger partial charge >= 0.3 is 5.97 Å². The number of benzene rings is 2. The lowest BCUT2D eigenvalue weighted by Crippen LogP contribution is -2.28. The molecule has 4 aromatic rings. The Morgan fingerprint density at radius 3 is 2.50 bits per heavy atom. The SMILES string of the molecule is COc1ccc(-c2nc(COC(=O)c3nn(CC(C)C)c(=O)c4ccccc34)no2)cc1. The second-order valence-electron chi connectivity index (χ2n) is 7.60. The molecule has 9 nitrogen and oxygen atoms in total. The first-order chi connectivity index (χ1) is 15.5. The van der Waals surface area contributed by atoms with Crippen molar-refractivity contribution in [2.45, 2.75) is 27.0 Å². The number of hydrogen-bond acceptors (Lipinski definition) is 8. The van der Waals surface area contributed by atoms with Crippen molar-refractivity contribution in [1.82, 2.24) is 19.9 Å². The summed E-state index contributed by atoms with van der Waals surface area (Å²) in [5, 5.41) is 8.99. The molecule has 9 heteroatoms. The van der Waals surface area contributed by atoms with Gasteiger partial charge in [0.1, 0.15) is 5.75 Å². The Kier molecular flexibility index (Phi) is 5.98. The number of rotatable bonds is 7. The quantitative estimate of drug-likeness (QED) is 0.407. The van der Waals surface area contributed by atoms with Crippen LogP contribution < -0.4 is 10.3 Å². The highest BCUT2D eigenvalue weighted by Gasteiger charge is 2.19. The van der Waals surface area contributed by atoms with E-state index in [4.69, 9.17) is 14.0 Å². The minimum Gasteiger partial charge on any atom is -0.497 e. The van der Waals surface area contributed by atoms with Crippen LogP contribution in [0, 0.1) is 5.92 Å². The zero-order valence-electron chi connectivity index (χ0n) is 17.9. The van der Waals surface area contributed by atoms with Crippen LogP contribution in [-0.2, 0) is 17.9 Å². The van der Waals surface area contributed by atoms with Crippen LogP contribution in [-0.4, -0.2) is 33.0 Å². The van der Waals surface area contributed by atoms with Gasteiger partial charge in [-0.25, -0.2) is 9.48 Å². The first kappa shape index (κ1) is 21.2. The summed E-state index contributed by atoms with van der Waals surface area (Å²) in [6.07, 6.45) is 0. The topological polar surface area (TPSA) is 109 Å². The molecule has 0 aliphatic rings. The van der Waals surface area contributed by atoms with Gasteiger partial charge in [0, 0.05) is 17.5 Å². The number of nitrogens with zero attached hydrogens (tertiary/aromatic N) is 4. The number of carbonyl (C=O) groups excluding carboxylic acids is 1. The standard InChI is InChI=1S/C23H22N4O5/c1-14(2)12-27-22(28)18-7-5-4-6-17(18)20(25-27)23(29)31-13-19-24-21(32-26-19)15-8-10-16(30-3)11-9-15/h4-11,14H,12-13H2,1-3H3. The fourth-order valence-corrected chi connectivity index (χ4v) is 3.22. The molecule has 2 heterocycles. The second kappa shape index (κ2) is 9.01. The summed E-state index contributed by atoms with van der Waals surface area (Å²) in [4.78, 5) is 29.8. The van der Waals surface area contributed by atoms with Crippen LogP contribution in [0.1, 0.15) is 30.2 Å². The molecule has 4 rings (SSSR count). The number of methoxy groups -OCH3 is 1. The van der Waals surface area contributed by atoms with Gasteiger partial charge in [-0.2, -0.15) is 10.1 Å². The van der Waals surface area contributed by atoms with E-state index in [0.29, 0.717) is 34.5 Å². The van der Waals surface area contributed by atoms with Crippen LogP contribution in [0.15, 0.2) is 57.8 Å². The predicted molar refractivity (Wildman–Crippen MR) is 116 cm³/mol. The van der Waals surface area contributed by atoms with Crippen molar-refractivity contribution in [3.63, 3.8) is 0 Å². The van der Waals surface area contributed by atoms with Crippen molar-refractivity contribution in [3.8, 4) is 17.2 Å². The van der Waals surface area contributed by atoms with Crippen molar-refractivity contribution >= 4 is 16.7 Å². The molecule has 0 unspecified atom stereocenters. The van der Waals surface area contributed by atoms with Gasteiger partial charge in [0.2, 0.25) is 5.82 Å². The largest absolute Gasteiger partial charge is 0.497 e. The molecule has 0 aliphatic heterocycles. The monoisotopic (exact) mass is 434 g/mol. The molecule has 0 atom stereocenters. The Balaban J connectivity index is 1.55. The highest BCUT2D eigenvalue weighted by molar-refractivity contribution is 6.02. The molecule has 0 radical (unpaired) electrons. The molecule has 32 heavy (non-hydrogen) atoms. The fourth-order valence-electron chi connectivity index (χ4n) is 3.22. The number of hydrogen-bond donors (Lipinski definition) is 0. The Bertz CT molecular complexity index is 1310. The van der Waals surface area contributed by atoms with E-state index < -0.39 is 5.97 Å². The van der Waals surface area contributed by atoms with E-state index in [-0.39, 0.29) is 29.6 Å². The molecule has 0 saturated carbocycles. The summed E-state index contributed by atoms with van der Waals surface area (Å²) >= 11 is 0. The van der Waals surface area contributed by atoms with Gasteiger partial charge in [-0.05, 0) is 36.2 Å². The lowest BCUT2D eigenvalue weighted by atomic mass is 10.1. The Hall–Kier alpha value is -4.01. The summed E-state index contributed by atoms with van der Waals surface area (Å²) in [6, 6.07) is 14.0. The van der Waals surface area contributed by atoms with E-state index in [2.05, 4.69) is 15.2 Å². The third kappa shape index (κ3) is 4.36. The molecule has 0 N–H and O–H groups in total. The van der Waals surface area contributed by atoms with Crippen LogP contribution in [0.5, 0.6) is 5.75 Å². The average Bonchev–Trinajstić information content (AvgIpc) is 3.28. The van der Waals surface area contributed by atoms with E-state index in [9.17, 15) is 9.59 Å². The fraction of sp³-hybridized carbons (Fsp3) is 0.261. The Morgan fingerprint density at radius 2 is 1.81 bits per heavy atom. The van der Waals surface area contributed by atoms with Gasteiger partial charge in [0.05, 0.1) is 12.5 Å². The predicted octanol–water partition coefficient (Wildman–Crippen LogP) is 3.47. The second-order valence-corrected chi connectivity index (χ2v) is 7.60. The molecular formula is C23H22N4O5. The minimum absolute atomic E-state index is 0.0692. The van der Waals surface area contributed by atoms with Gasteiger partial charge in [0.15, 0.2) is 12.3 Å². The van der Waals surface area contributed by atoms with Crippen LogP contribution in [0.3, 0.4) is 0 Å². The summed E-state index contributed by atoms with van der Waals surface area (Å²) in [5.41, 5.74) is 0.539. The van der Waals surface area contributed by atoms with E-state index in [1.807, 2.05) is 13.8 Å². The van der Waals surface area contributed by atoms with Crippen molar-refractivity contribution in [2.75, 3.05) is 7.11 Å². The third-order valence-corrected chi connectivity index (χ3v) is 4.74. The molecule has 0 spiro atoms. The van der Waals surface area contributed by atoms with Gasteiger partial charge in [-0.15, -0.1) is 0 Å². The number of carbonyl (C=O) groups is 1. The van der Waals surface area contributed by atoms with Gasteiger partial charge in [-0.1, -0.05) is 37.2 Å². The summed E-state index contributed by atoms with van der Waals surface area (Å²) in [5.74, 6) is 0.730. The number of fused-ring (bicyclic) bond motifs is 1. The summed E-state index contributed by atoms with van der Waals surface area (Å²) in [7, 11) is 1.58. The average molecular weight is 434 g/mol. The molecule has 0 aliphatic carbocycles. The maximum Gasteiger partial charge on any atom is 0.359 e. The molecule has 2 aromatic heterocycles. The lowest BCUT2D eigenvalue weighted by molar-refractivity contribution is 0.0452. The summed E-state index contributed by atoms with van der Waals surface area (Å²) < 4.78 is 17.1. The van der Waals surface area contributed by atoms with Crippen molar-refractivity contribution < 1.29 is 18.8 Å². The van der Waals surface area contributed by atoms with Crippen molar-refractivity contribution in [2.24, 2.45) is 5.92 Å². The van der Waals surface area contributed by atoms with Crippen LogP contribution in [0.4, 0.5) is 0 Å². The molecule has 164 valence electrons. The molecule has 0 bridgehead atoms. The van der Waals surface area contributed by atoms with Crippen LogP contribution >= 0.6 is 0 Å². The van der Waals surface area contributed by atoms with Gasteiger partial charge in [0.25, 0.3) is 11.4 Å². The maximum atomic E-state index is 12.8. The third-order valence-electron chi connectivity index (χ3n) is 4.74. The highest BCUT2D eigenvalue weighted by atomic mass is 16.5. The summed E-state index contributed by atoms with van der Waals surface area (Å²) in [6.45, 7) is 4.13. The van der Waals surface area contributed by atoms with Crippen molar-refractivity contribution in [3.05, 3.63) is 70.4 Å². The first-order valence-corrected chi connectivity index (χ1v) is 10.1. The Morgan fingerprint density at radius 1 is 1.09 bits per heavy atom. The highest BCUT2D eigenvalue weighted by Crippen LogP contribution is 2.21. The molecule has 0 fully saturated rings. The van der Waals surface area contributed by atoms with Crippen LogP contribution in [0.25, 0.3) is 22.2 Å². The van der Waals surface area contributed by atoms with Crippen LogP contribution in [0.2, 0.25) is 0 Å². The van der Waals surface area contributed by atoms with E-state index in [1.165, 1.54) is 4.68 Å². The number of esters is 1. The number of ether oxygens (including phenoxy) is 2. The zero-order valence-corrected chi connectivity index (χ0v) is 17.9. The van der Waals surface area contributed by atoms with Crippen molar-refractivity contribution in [1.29, 1.82) is 0 Å². The molecular weight excluding hydrogens is 412 g/mol. The first-order valence-electron chi connectivity index (χ1n) is 10.1.